The number of aryl methyl sites for hydroxylation is 1. The third kappa shape index (κ3) is 2.49. The van der Waals surface area contributed by atoms with E-state index in [1.54, 1.807) is 20.8 Å². The SMILES string of the molecule is Cc1nnsc1C(=O)NC(C)C(C)O. The Bertz CT molecular complexity index is 324. The summed E-state index contributed by atoms with van der Waals surface area (Å²) in [5.74, 6) is -0.231. The van der Waals surface area contributed by atoms with E-state index in [0.29, 0.717) is 10.6 Å². The minimum atomic E-state index is -0.569. The number of rotatable bonds is 3. The van der Waals surface area contributed by atoms with Crippen molar-refractivity contribution < 1.29 is 9.90 Å². The molecule has 1 amide bonds. The van der Waals surface area contributed by atoms with Crippen molar-refractivity contribution in [1.29, 1.82) is 0 Å². The lowest BCUT2D eigenvalue weighted by Crippen LogP contribution is -2.39. The summed E-state index contributed by atoms with van der Waals surface area (Å²) in [6.45, 7) is 5.10. The molecule has 2 N–H and O–H groups in total. The second-order valence-electron chi connectivity index (χ2n) is 3.19. The van der Waals surface area contributed by atoms with Crippen LogP contribution in [0.2, 0.25) is 0 Å². The van der Waals surface area contributed by atoms with E-state index >= 15 is 0 Å². The quantitative estimate of drug-likeness (QED) is 0.762. The summed E-state index contributed by atoms with van der Waals surface area (Å²) in [6, 6.07) is -0.274. The van der Waals surface area contributed by atoms with Crippen LogP contribution in [0.3, 0.4) is 0 Å². The molecule has 0 saturated heterocycles. The van der Waals surface area contributed by atoms with Gasteiger partial charge in [-0.05, 0) is 32.3 Å². The maximum absolute atomic E-state index is 11.5. The second-order valence-corrected chi connectivity index (χ2v) is 3.94. The maximum Gasteiger partial charge on any atom is 0.265 e. The third-order valence-electron chi connectivity index (χ3n) is 1.94. The smallest absolute Gasteiger partial charge is 0.265 e. The number of nitrogens with one attached hydrogen (secondary N) is 1. The van der Waals surface area contributed by atoms with Gasteiger partial charge in [-0.1, -0.05) is 4.49 Å². The number of aliphatic hydroxyl groups is 1. The van der Waals surface area contributed by atoms with Crippen molar-refractivity contribution in [2.75, 3.05) is 0 Å². The monoisotopic (exact) mass is 215 g/mol. The zero-order valence-corrected chi connectivity index (χ0v) is 9.13. The average Bonchev–Trinajstić information content (AvgIpc) is 2.51. The first-order valence-electron chi connectivity index (χ1n) is 4.30. The van der Waals surface area contributed by atoms with Crippen LogP contribution in [-0.4, -0.2) is 32.7 Å². The lowest BCUT2D eigenvalue weighted by atomic mass is 10.2. The molecule has 6 heteroatoms. The van der Waals surface area contributed by atoms with Crippen molar-refractivity contribution in [3.05, 3.63) is 10.6 Å². The molecule has 0 aliphatic carbocycles. The highest BCUT2D eigenvalue weighted by Gasteiger charge is 2.17. The van der Waals surface area contributed by atoms with Gasteiger partial charge in [-0.3, -0.25) is 4.79 Å². The first kappa shape index (κ1) is 11.1. The summed E-state index contributed by atoms with van der Waals surface area (Å²) in [5, 5.41) is 15.6. The topological polar surface area (TPSA) is 75.1 Å². The molecule has 2 unspecified atom stereocenters. The van der Waals surface area contributed by atoms with Crippen molar-refractivity contribution in [2.24, 2.45) is 0 Å². The van der Waals surface area contributed by atoms with Crippen molar-refractivity contribution in [2.45, 2.75) is 32.9 Å². The van der Waals surface area contributed by atoms with Crippen LogP contribution < -0.4 is 5.32 Å². The highest BCUT2D eigenvalue weighted by molar-refractivity contribution is 7.07. The molecule has 1 heterocycles. The van der Waals surface area contributed by atoms with Crippen molar-refractivity contribution in [3.8, 4) is 0 Å². The van der Waals surface area contributed by atoms with Crippen LogP contribution in [0.1, 0.15) is 29.2 Å². The van der Waals surface area contributed by atoms with Gasteiger partial charge in [0.05, 0.1) is 17.8 Å². The zero-order valence-electron chi connectivity index (χ0n) is 8.31. The van der Waals surface area contributed by atoms with Gasteiger partial charge in [0.15, 0.2) is 0 Å². The van der Waals surface area contributed by atoms with E-state index in [1.165, 1.54) is 0 Å². The van der Waals surface area contributed by atoms with Gasteiger partial charge in [0, 0.05) is 0 Å². The van der Waals surface area contributed by atoms with Crippen LogP contribution in [0.15, 0.2) is 0 Å². The lowest BCUT2D eigenvalue weighted by molar-refractivity contribution is 0.0877. The Labute approximate surface area is 86.3 Å². The van der Waals surface area contributed by atoms with Crippen LogP contribution in [-0.2, 0) is 0 Å². The lowest BCUT2D eigenvalue weighted by Gasteiger charge is -2.15. The normalized spacial score (nSPS) is 14.9. The fourth-order valence-electron chi connectivity index (χ4n) is 0.833. The van der Waals surface area contributed by atoms with Gasteiger partial charge in [-0.15, -0.1) is 5.10 Å². The van der Waals surface area contributed by atoms with E-state index in [2.05, 4.69) is 14.9 Å². The summed E-state index contributed by atoms with van der Waals surface area (Å²) >= 11 is 1.06. The van der Waals surface area contributed by atoms with Crippen LogP contribution in [0, 0.1) is 6.92 Å². The molecule has 0 radical (unpaired) electrons. The van der Waals surface area contributed by atoms with E-state index in [0.717, 1.165) is 11.5 Å². The first-order chi connectivity index (χ1) is 6.52. The Morgan fingerprint density at radius 3 is 2.64 bits per heavy atom. The Kier molecular flexibility index (Phi) is 3.54. The van der Waals surface area contributed by atoms with Crippen LogP contribution in [0.25, 0.3) is 0 Å². The molecule has 14 heavy (non-hydrogen) atoms. The predicted octanol–water partition coefficient (Wildman–Crippen LogP) is 0.346. The average molecular weight is 215 g/mol. The maximum atomic E-state index is 11.5. The van der Waals surface area contributed by atoms with Gasteiger partial charge >= 0.3 is 0 Å². The van der Waals surface area contributed by atoms with Gasteiger partial charge in [0.25, 0.3) is 5.91 Å². The number of nitrogens with zero attached hydrogens (tertiary/aromatic N) is 2. The number of aromatic nitrogens is 2. The molecule has 0 aromatic carbocycles. The van der Waals surface area contributed by atoms with Gasteiger partial charge in [-0.2, -0.15) is 0 Å². The molecule has 78 valence electrons. The van der Waals surface area contributed by atoms with Gasteiger partial charge in [0.1, 0.15) is 4.88 Å². The Balaban J connectivity index is 2.64. The van der Waals surface area contributed by atoms with E-state index in [4.69, 9.17) is 0 Å². The molecule has 1 aromatic rings. The molecule has 0 saturated carbocycles. The first-order valence-corrected chi connectivity index (χ1v) is 5.07. The molecule has 1 rings (SSSR count). The molecule has 0 bridgehead atoms. The van der Waals surface area contributed by atoms with E-state index < -0.39 is 6.10 Å². The molecule has 1 aromatic heterocycles. The Morgan fingerprint density at radius 1 is 1.57 bits per heavy atom. The molecule has 0 spiro atoms. The standard InChI is InChI=1S/C8H13N3O2S/c1-4(6(3)12)9-8(13)7-5(2)10-11-14-7/h4,6,12H,1-3H3,(H,9,13). The Hall–Kier alpha value is -1.01. The van der Waals surface area contributed by atoms with E-state index in [1.807, 2.05) is 0 Å². The number of aliphatic hydroxyl groups excluding tert-OH is 1. The fraction of sp³-hybridized carbons (Fsp3) is 0.625. The van der Waals surface area contributed by atoms with Crippen molar-refractivity contribution in [1.82, 2.24) is 14.9 Å². The van der Waals surface area contributed by atoms with Gasteiger partial charge in [-0.25, -0.2) is 0 Å². The van der Waals surface area contributed by atoms with Gasteiger partial charge in [0.2, 0.25) is 0 Å². The van der Waals surface area contributed by atoms with E-state index in [-0.39, 0.29) is 11.9 Å². The minimum absolute atomic E-state index is 0.231. The molecular weight excluding hydrogens is 202 g/mol. The van der Waals surface area contributed by atoms with E-state index in [9.17, 15) is 9.90 Å². The summed E-state index contributed by atoms with van der Waals surface area (Å²) in [4.78, 5) is 12.0. The molecule has 0 aliphatic rings. The number of hydrogen-bond acceptors (Lipinski definition) is 5. The summed E-state index contributed by atoms with van der Waals surface area (Å²) in [7, 11) is 0. The molecule has 0 fully saturated rings. The summed E-state index contributed by atoms with van der Waals surface area (Å²) < 4.78 is 3.66. The predicted molar refractivity (Wildman–Crippen MR) is 53.3 cm³/mol. The van der Waals surface area contributed by atoms with Crippen LogP contribution in [0.5, 0.6) is 0 Å². The van der Waals surface area contributed by atoms with Crippen molar-refractivity contribution >= 4 is 17.4 Å². The number of carbonyl (C=O) groups is 1. The highest BCUT2D eigenvalue weighted by atomic mass is 32.1. The molecule has 2 atom stereocenters. The van der Waals surface area contributed by atoms with Crippen LogP contribution in [0.4, 0.5) is 0 Å². The molecule has 0 aliphatic heterocycles. The molecule has 5 nitrogen and oxygen atoms in total. The summed E-state index contributed by atoms with van der Waals surface area (Å²) in [6.07, 6.45) is -0.569. The largest absolute Gasteiger partial charge is 0.391 e. The van der Waals surface area contributed by atoms with Crippen molar-refractivity contribution in [3.63, 3.8) is 0 Å². The Morgan fingerprint density at radius 2 is 2.21 bits per heavy atom. The highest BCUT2D eigenvalue weighted by Crippen LogP contribution is 2.09. The number of carbonyl (C=O) groups excluding carboxylic acids is 1. The third-order valence-corrected chi connectivity index (χ3v) is 2.77. The second kappa shape index (κ2) is 4.47. The van der Waals surface area contributed by atoms with Crippen LogP contribution >= 0.6 is 11.5 Å². The number of hydrogen-bond donors (Lipinski definition) is 2. The fourth-order valence-corrected chi connectivity index (χ4v) is 1.39. The summed E-state index contributed by atoms with van der Waals surface area (Å²) in [5.41, 5.74) is 0.616. The zero-order chi connectivity index (χ0) is 10.7. The van der Waals surface area contributed by atoms with Gasteiger partial charge < -0.3 is 10.4 Å². The number of amides is 1. The molecular formula is C8H13N3O2S. The minimum Gasteiger partial charge on any atom is -0.391 e.